The van der Waals surface area contributed by atoms with Crippen molar-refractivity contribution < 1.29 is 33.6 Å². The molecule has 7 heteroatoms. The molecule has 0 aromatic heterocycles. The van der Waals surface area contributed by atoms with E-state index >= 15 is 0 Å². The third-order valence-corrected chi connectivity index (χ3v) is 3.98. The van der Waals surface area contributed by atoms with E-state index in [-0.39, 0.29) is 0 Å². The van der Waals surface area contributed by atoms with Crippen molar-refractivity contribution in [1.29, 1.82) is 0 Å². The van der Waals surface area contributed by atoms with E-state index in [9.17, 15) is 9.90 Å². The molecule has 7 nitrogen and oxygen atoms in total. The van der Waals surface area contributed by atoms with E-state index < -0.39 is 43.0 Å². The van der Waals surface area contributed by atoms with Crippen LogP contribution in [0.3, 0.4) is 0 Å². The van der Waals surface area contributed by atoms with Gasteiger partial charge in [0.15, 0.2) is 18.7 Å². The van der Waals surface area contributed by atoms with Crippen LogP contribution in [-0.2, 0) is 28.5 Å². The Morgan fingerprint density at radius 1 is 1.09 bits per heavy atom. The lowest BCUT2D eigenvalue weighted by molar-refractivity contribution is -0.257. The molecule has 1 N–H and O–H groups in total. The highest BCUT2D eigenvalue weighted by Crippen LogP contribution is 2.33. The van der Waals surface area contributed by atoms with E-state index in [4.69, 9.17) is 23.7 Å². The zero-order valence-corrected chi connectivity index (χ0v) is 14.1. The average molecular weight is 332 g/mol. The summed E-state index contributed by atoms with van der Waals surface area (Å²) in [4.78, 5) is 12.2. The minimum atomic E-state index is -1.14. The van der Waals surface area contributed by atoms with Crippen LogP contribution in [-0.4, -0.2) is 61.3 Å². The summed E-state index contributed by atoms with van der Waals surface area (Å²) in [6.45, 7) is 6.60. The molecule has 2 saturated heterocycles. The molecule has 0 aliphatic carbocycles. The Morgan fingerprint density at radius 3 is 2.48 bits per heavy atom. The Kier molecular flexibility index (Phi) is 7.23. The summed E-state index contributed by atoms with van der Waals surface area (Å²) in [5.74, 6) is -0.586. The molecule has 0 bridgehead atoms. The number of unbranched alkanes of at least 4 members (excludes halogenated alkanes) is 2. The molecule has 0 aromatic rings. The first-order valence-corrected chi connectivity index (χ1v) is 8.51. The summed E-state index contributed by atoms with van der Waals surface area (Å²) in [6.07, 6.45) is -1.15. The van der Waals surface area contributed by atoms with Crippen LogP contribution >= 0.6 is 0 Å². The van der Waals surface area contributed by atoms with Crippen molar-refractivity contribution in [1.82, 2.24) is 0 Å². The molecule has 2 aliphatic rings. The van der Waals surface area contributed by atoms with Gasteiger partial charge >= 0.3 is 5.97 Å². The highest BCUT2D eigenvalue weighted by Gasteiger charge is 2.54. The monoisotopic (exact) mass is 332 g/mol. The van der Waals surface area contributed by atoms with E-state index in [1.54, 1.807) is 6.92 Å². The van der Waals surface area contributed by atoms with Crippen LogP contribution in [0.4, 0.5) is 0 Å². The Labute approximate surface area is 137 Å². The smallest absolute Gasteiger partial charge is 0.338 e. The van der Waals surface area contributed by atoms with Gasteiger partial charge in [-0.2, -0.15) is 0 Å². The van der Waals surface area contributed by atoms with Gasteiger partial charge in [0.1, 0.15) is 18.3 Å². The zero-order chi connectivity index (χ0) is 16.8. The molecule has 0 spiro atoms. The van der Waals surface area contributed by atoms with Gasteiger partial charge in [-0.1, -0.05) is 26.7 Å². The number of ether oxygens (including phenoxy) is 5. The van der Waals surface area contributed by atoms with Gasteiger partial charge in [0.25, 0.3) is 0 Å². The molecule has 23 heavy (non-hydrogen) atoms. The first-order valence-electron chi connectivity index (χ1n) is 8.51. The van der Waals surface area contributed by atoms with Gasteiger partial charge in [0, 0.05) is 6.61 Å². The van der Waals surface area contributed by atoms with E-state index in [0.717, 1.165) is 25.7 Å². The zero-order valence-electron chi connectivity index (χ0n) is 14.1. The average Bonchev–Trinajstić information content (AvgIpc) is 2.89. The number of rotatable bonds is 8. The van der Waals surface area contributed by atoms with Gasteiger partial charge in [-0.3, -0.25) is 0 Å². The number of carbonyl (C=O) groups excluding carboxylic acids is 1. The van der Waals surface area contributed by atoms with Crippen LogP contribution in [0, 0.1) is 0 Å². The summed E-state index contributed by atoms with van der Waals surface area (Å²) < 4.78 is 27.6. The van der Waals surface area contributed by atoms with Gasteiger partial charge in [0.05, 0.1) is 6.61 Å². The minimum absolute atomic E-state index is 0.311. The molecule has 0 aromatic carbocycles. The summed E-state index contributed by atoms with van der Waals surface area (Å²) in [5.41, 5.74) is 0. The number of aliphatic hydroxyl groups excluding tert-OH is 1. The fraction of sp³-hybridized carbons (Fsp3) is 0.938. The second-order valence-corrected chi connectivity index (χ2v) is 5.93. The molecule has 0 saturated carbocycles. The van der Waals surface area contributed by atoms with Gasteiger partial charge < -0.3 is 28.8 Å². The van der Waals surface area contributed by atoms with Crippen LogP contribution in [0.5, 0.6) is 0 Å². The van der Waals surface area contributed by atoms with Crippen molar-refractivity contribution in [2.75, 3.05) is 13.2 Å². The maximum Gasteiger partial charge on any atom is 0.338 e. The minimum Gasteiger partial charge on any atom is -0.464 e. The summed E-state index contributed by atoms with van der Waals surface area (Å²) >= 11 is 0. The fourth-order valence-corrected chi connectivity index (χ4v) is 2.67. The molecule has 4 unspecified atom stereocenters. The van der Waals surface area contributed by atoms with Crippen molar-refractivity contribution in [3.63, 3.8) is 0 Å². The third-order valence-electron chi connectivity index (χ3n) is 3.98. The van der Waals surface area contributed by atoms with Crippen molar-refractivity contribution in [2.24, 2.45) is 0 Å². The van der Waals surface area contributed by atoms with Crippen molar-refractivity contribution >= 4 is 5.97 Å². The molecule has 134 valence electrons. The first-order chi connectivity index (χ1) is 11.1. The molecule has 2 heterocycles. The Bertz CT molecular complexity index is 375. The van der Waals surface area contributed by atoms with Gasteiger partial charge in [0.2, 0.25) is 0 Å². The Hall–Kier alpha value is -0.730. The molecule has 2 fully saturated rings. The summed E-state index contributed by atoms with van der Waals surface area (Å²) in [5, 5.41) is 10.5. The largest absolute Gasteiger partial charge is 0.464 e. The predicted molar refractivity (Wildman–Crippen MR) is 80.6 cm³/mol. The number of hydrogen-bond acceptors (Lipinski definition) is 7. The second-order valence-electron chi connectivity index (χ2n) is 5.93. The predicted octanol–water partition coefficient (Wildman–Crippen LogP) is 1.36. The number of hydrogen-bond donors (Lipinski definition) is 1. The Morgan fingerprint density at radius 2 is 1.78 bits per heavy atom. The van der Waals surface area contributed by atoms with Gasteiger partial charge in [-0.05, 0) is 19.8 Å². The van der Waals surface area contributed by atoms with Crippen LogP contribution < -0.4 is 0 Å². The molecule has 2 aliphatic heterocycles. The lowest BCUT2D eigenvalue weighted by atomic mass is 9.98. The lowest BCUT2D eigenvalue weighted by Crippen LogP contribution is -2.60. The maximum atomic E-state index is 12.2. The maximum absolute atomic E-state index is 12.2. The van der Waals surface area contributed by atoms with Gasteiger partial charge in [-0.15, -0.1) is 0 Å². The lowest BCUT2D eigenvalue weighted by Gasteiger charge is -2.39. The number of carbonyl (C=O) groups is 1. The van der Waals surface area contributed by atoms with E-state index in [1.165, 1.54) is 0 Å². The molecule has 6 atom stereocenters. The Balaban J connectivity index is 2.01. The van der Waals surface area contributed by atoms with Crippen molar-refractivity contribution in [2.45, 2.75) is 83.5 Å². The van der Waals surface area contributed by atoms with E-state index in [2.05, 4.69) is 6.92 Å². The van der Waals surface area contributed by atoms with E-state index in [1.807, 2.05) is 6.92 Å². The van der Waals surface area contributed by atoms with Gasteiger partial charge in [-0.25, -0.2) is 4.79 Å². The van der Waals surface area contributed by atoms with Crippen LogP contribution in [0.15, 0.2) is 0 Å². The molecule has 0 amide bonds. The second kappa shape index (κ2) is 8.94. The molecular weight excluding hydrogens is 304 g/mol. The third kappa shape index (κ3) is 4.64. The highest BCUT2D eigenvalue weighted by molar-refractivity contribution is 5.75. The molecule has 0 radical (unpaired) electrons. The number of fused-ring (bicyclic) bond motifs is 1. The normalized spacial score (nSPS) is 36.7. The van der Waals surface area contributed by atoms with Crippen LogP contribution in [0.1, 0.15) is 46.5 Å². The number of aliphatic hydroxyl groups is 1. The standard InChI is InChI=1S/C16H28O7/c1-4-6-8-19-12-11(17)13(15(18)20-9-7-5-2)23-16-14(12)21-10(3)22-16/h10-14,16-17H,4-9H2,1-3H3/t10?,11-,12?,13?,14?,16+/m0/s1. The number of esters is 1. The van der Waals surface area contributed by atoms with E-state index in [0.29, 0.717) is 13.2 Å². The van der Waals surface area contributed by atoms with Crippen LogP contribution in [0.2, 0.25) is 0 Å². The highest BCUT2D eigenvalue weighted by atomic mass is 16.8. The van der Waals surface area contributed by atoms with Crippen LogP contribution in [0.25, 0.3) is 0 Å². The topological polar surface area (TPSA) is 83.5 Å². The quantitative estimate of drug-likeness (QED) is 0.531. The van der Waals surface area contributed by atoms with Crippen molar-refractivity contribution in [3.05, 3.63) is 0 Å². The summed E-state index contributed by atoms with van der Waals surface area (Å²) in [7, 11) is 0. The summed E-state index contributed by atoms with van der Waals surface area (Å²) in [6, 6.07) is 0. The first kappa shape index (κ1) is 18.6. The molecule has 2 rings (SSSR count). The SMILES string of the molecule is CCCCOC(=O)C1O[C@H]2OC(C)OC2C(OCCCC)[C@@H]1O. The van der Waals surface area contributed by atoms with Crippen molar-refractivity contribution in [3.8, 4) is 0 Å². The fourth-order valence-electron chi connectivity index (χ4n) is 2.67. The molecular formula is C16H28O7.